The maximum Gasteiger partial charge on any atom is 0.282 e. The first-order chi connectivity index (χ1) is 9.46. The highest BCUT2D eigenvalue weighted by Crippen LogP contribution is 2.29. The van der Waals surface area contributed by atoms with Crippen molar-refractivity contribution in [3.8, 4) is 0 Å². The molecule has 0 radical (unpaired) electrons. The lowest BCUT2D eigenvalue weighted by Crippen LogP contribution is -2.45. The molecular formula is C14H21N3O2S. The van der Waals surface area contributed by atoms with Gasteiger partial charge in [-0.25, -0.2) is 0 Å². The van der Waals surface area contributed by atoms with E-state index in [1.165, 1.54) is 0 Å². The van der Waals surface area contributed by atoms with Crippen LogP contribution in [0.5, 0.6) is 0 Å². The average Bonchev–Trinajstić information content (AvgIpc) is 2.83. The molecule has 0 spiro atoms. The van der Waals surface area contributed by atoms with Crippen LogP contribution in [-0.2, 0) is 23.3 Å². The van der Waals surface area contributed by atoms with Crippen molar-refractivity contribution in [1.82, 2.24) is 8.61 Å². The molecule has 2 aliphatic heterocycles. The van der Waals surface area contributed by atoms with Crippen LogP contribution in [0.2, 0.25) is 0 Å². The van der Waals surface area contributed by atoms with E-state index in [1.54, 1.807) is 8.61 Å². The lowest BCUT2D eigenvalue weighted by molar-refractivity contribution is 0.264. The molecule has 1 aromatic carbocycles. The van der Waals surface area contributed by atoms with Crippen molar-refractivity contribution in [3.05, 3.63) is 29.3 Å². The van der Waals surface area contributed by atoms with Crippen LogP contribution in [0, 0.1) is 5.92 Å². The molecule has 0 saturated carbocycles. The molecule has 20 heavy (non-hydrogen) atoms. The number of nitrogens with two attached hydrogens (primary N) is 1. The van der Waals surface area contributed by atoms with Crippen molar-refractivity contribution in [3.63, 3.8) is 0 Å². The number of hydrogen-bond acceptors (Lipinski definition) is 3. The summed E-state index contributed by atoms with van der Waals surface area (Å²) in [6.45, 7) is 4.36. The fourth-order valence-corrected chi connectivity index (χ4v) is 4.53. The molecule has 6 heteroatoms. The third kappa shape index (κ3) is 2.43. The highest BCUT2D eigenvalue weighted by Gasteiger charge is 2.35. The van der Waals surface area contributed by atoms with Gasteiger partial charge < -0.3 is 5.73 Å². The van der Waals surface area contributed by atoms with E-state index in [0.29, 0.717) is 37.8 Å². The Hall–Kier alpha value is -1.11. The molecule has 1 saturated heterocycles. The molecule has 0 amide bonds. The number of nitrogen functional groups attached to an aromatic ring is 1. The van der Waals surface area contributed by atoms with Gasteiger partial charge in [0.25, 0.3) is 10.2 Å². The van der Waals surface area contributed by atoms with E-state index in [1.807, 2.05) is 18.2 Å². The van der Waals surface area contributed by atoms with E-state index in [9.17, 15) is 8.42 Å². The summed E-state index contributed by atoms with van der Waals surface area (Å²) in [5, 5.41) is 0. The fraction of sp³-hybridized carbons (Fsp3) is 0.571. The Morgan fingerprint density at radius 1 is 1.10 bits per heavy atom. The van der Waals surface area contributed by atoms with Crippen LogP contribution in [0.3, 0.4) is 0 Å². The van der Waals surface area contributed by atoms with Crippen LogP contribution < -0.4 is 5.73 Å². The lowest BCUT2D eigenvalue weighted by Gasteiger charge is -2.32. The third-order valence-corrected chi connectivity index (χ3v) is 6.25. The number of anilines is 1. The maximum absolute atomic E-state index is 12.7. The minimum atomic E-state index is -3.34. The van der Waals surface area contributed by atoms with Gasteiger partial charge in [-0.05, 0) is 42.0 Å². The zero-order valence-corrected chi connectivity index (χ0v) is 12.6. The van der Waals surface area contributed by atoms with Gasteiger partial charge in [0, 0.05) is 31.9 Å². The summed E-state index contributed by atoms with van der Waals surface area (Å²) in [5.41, 5.74) is 8.54. The lowest BCUT2D eigenvalue weighted by atomic mass is 10.0. The highest BCUT2D eigenvalue weighted by molar-refractivity contribution is 7.86. The second-order valence-electron chi connectivity index (χ2n) is 5.89. The molecular weight excluding hydrogens is 274 g/mol. The Balaban J connectivity index is 1.77. The second-order valence-corrected chi connectivity index (χ2v) is 7.81. The van der Waals surface area contributed by atoms with Crippen LogP contribution in [0.15, 0.2) is 18.2 Å². The van der Waals surface area contributed by atoms with Gasteiger partial charge >= 0.3 is 0 Å². The largest absolute Gasteiger partial charge is 0.399 e. The fourth-order valence-electron chi connectivity index (χ4n) is 2.93. The van der Waals surface area contributed by atoms with E-state index in [4.69, 9.17) is 5.73 Å². The molecule has 0 unspecified atom stereocenters. The average molecular weight is 295 g/mol. The Morgan fingerprint density at radius 2 is 1.75 bits per heavy atom. The summed E-state index contributed by atoms with van der Waals surface area (Å²) in [6, 6.07) is 5.64. The molecule has 0 atom stereocenters. The van der Waals surface area contributed by atoms with Gasteiger partial charge in [-0.3, -0.25) is 0 Å². The number of hydrogen-bond donors (Lipinski definition) is 1. The Labute approximate surface area is 120 Å². The molecule has 1 aromatic rings. The van der Waals surface area contributed by atoms with Gasteiger partial charge in [-0.1, -0.05) is 13.0 Å². The van der Waals surface area contributed by atoms with Crippen LogP contribution in [0.1, 0.15) is 30.9 Å². The molecule has 3 rings (SSSR count). The topological polar surface area (TPSA) is 66.6 Å². The van der Waals surface area contributed by atoms with E-state index in [-0.39, 0.29) is 0 Å². The van der Waals surface area contributed by atoms with Gasteiger partial charge in [0.15, 0.2) is 0 Å². The second kappa shape index (κ2) is 5.02. The summed E-state index contributed by atoms with van der Waals surface area (Å²) < 4.78 is 28.5. The third-order valence-electron chi connectivity index (χ3n) is 4.32. The van der Waals surface area contributed by atoms with Gasteiger partial charge in [0.1, 0.15) is 0 Å². The predicted octanol–water partition coefficient (Wildman–Crippen LogP) is 1.56. The normalized spacial score (nSPS) is 22.1. The van der Waals surface area contributed by atoms with Crippen molar-refractivity contribution in [2.24, 2.45) is 5.92 Å². The summed E-state index contributed by atoms with van der Waals surface area (Å²) in [4.78, 5) is 0. The molecule has 2 aliphatic rings. The van der Waals surface area contributed by atoms with Crippen molar-refractivity contribution < 1.29 is 8.42 Å². The van der Waals surface area contributed by atoms with Crippen LogP contribution in [0.4, 0.5) is 5.69 Å². The van der Waals surface area contributed by atoms with E-state index < -0.39 is 10.2 Å². The molecule has 2 heterocycles. The zero-order valence-electron chi connectivity index (χ0n) is 11.7. The molecule has 0 bridgehead atoms. The summed E-state index contributed by atoms with van der Waals surface area (Å²) in [5.74, 6) is 0.622. The summed E-state index contributed by atoms with van der Waals surface area (Å²) >= 11 is 0. The molecule has 5 nitrogen and oxygen atoms in total. The number of benzene rings is 1. The maximum atomic E-state index is 12.7. The standard InChI is InChI=1S/C14H21N3O2S/c1-11-4-6-16(7-5-11)20(18,19)17-9-12-2-3-14(15)8-13(12)10-17/h2-3,8,11H,4-7,9-10,15H2,1H3. The SMILES string of the molecule is CC1CCN(S(=O)(=O)N2Cc3ccc(N)cc3C2)CC1. The van der Waals surface area contributed by atoms with Gasteiger partial charge in [-0.15, -0.1) is 0 Å². The smallest absolute Gasteiger partial charge is 0.282 e. The highest BCUT2D eigenvalue weighted by atomic mass is 32.2. The van der Waals surface area contributed by atoms with Crippen LogP contribution in [0.25, 0.3) is 0 Å². The van der Waals surface area contributed by atoms with E-state index >= 15 is 0 Å². The Bertz CT molecular complexity index is 607. The summed E-state index contributed by atoms with van der Waals surface area (Å²) in [7, 11) is -3.34. The molecule has 0 aromatic heterocycles. The quantitative estimate of drug-likeness (QED) is 0.842. The first kappa shape index (κ1) is 13.9. The molecule has 2 N–H and O–H groups in total. The molecule has 1 fully saturated rings. The first-order valence-electron chi connectivity index (χ1n) is 7.09. The number of nitrogens with zero attached hydrogens (tertiary/aromatic N) is 2. The van der Waals surface area contributed by atoms with Gasteiger partial charge in [-0.2, -0.15) is 17.0 Å². The molecule has 0 aliphatic carbocycles. The first-order valence-corrected chi connectivity index (χ1v) is 8.49. The van der Waals surface area contributed by atoms with Crippen molar-refractivity contribution in [2.45, 2.75) is 32.9 Å². The number of fused-ring (bicyclic) bond motifs is 1. The Kier molecular flexibility index (Phi) is 3.48. The van der Waals surface area contributed by atoms with Crippen molar-refractivity contribution in [1.29, 1.82) is 0 Å². The van der Waals surface area contributed by atoms with Crippen molar-refractivity contribution in [2.75, 3.05) is 18.8 Å². The van der Waals surface area contributed by atoms with E-state index in [2.05, 4.69) is 6.92 Å². The minimum Gasteiger partial charge on any atom is -0.399 e. The number of piperidine rings is 1. The predicted molar refractivity (Wildman–Crippen MR) is 79.0 cm³/mol. The van der Waals surface area contributed by atoms with E-state index in [0.717, 1.165) is 24.0 Å². The summed E-state index contributed by atoms with van der Waals surface area (Å²) in [6.07, 6.45) is 1.90. The van der Waals surface area contributed by atoms with Gasteiger partial charge in [0.05, 0.1) is 0 Å². The number of rotatable bonds is 2. The monoisotopic (exact) mass is 295 g/mol. The Morgan fingerprint density at radius 3 is 2.45 bits per heavy atom. The van der Waals surface area contributed by atoms with Crippen molar-refractivity contribution >= 4 is 15.9 Å². The minimum absolute atomic E-state index is 0.439. The molecule has 110 valence electrons. The van der Waals surface area contributed by atoms with Crippen LogP contribution in [-0.4, -0.2) is 30.1 Å². The van der Waals surface area contributed by atoms with Gasteiger partial charge in [0.2, 0.25) is 0 Å². The zero-order chi connectivity index (χ0) is 14.3. The van der Waals surface area contributed by atoms with Crippen LogP contribution >= 0.6 is 0 Å².